The van der Waals surface area contributed by atoms with Crippen LogP contribution in [0.15, 0.2) is 30.3 Å². The largest absolute Gasteiger partial charge is 0.506 e. The highest BCUT2D eigenvalue weighted by Crippen LogP contribution is 2.62. The van der Waals surface area contributed by atoms with Crippen molar-refractivity contribution in [3.63, 3.8) is 0 Å². The predicted molar refractivity (Wildman–Crippen MR) is 128 cm³/mol. The van der Waals surface area contributed by atoms with Crippen molar-refractivity contribution in [2.75, 3.05) is 5.32 Å². The van der Waals surface area contributed by atoms with Crippen molar-refractivity contribution in [1.82, 2.24) is 0 Å². The zero-order valence-corrected chi connectivity index (χ0v) is 20.7. The quantitative estimate of drug-likeness (QED) is 0.358. The van der Waals surface area contributed by atoms with Crippen LogP contribution in [0.4, 0.5) is 5.69 Å². The van der Waals surface area contributed by atoms with Gasteiger partial charge in [0, 0.05) is 41.2 Å². The summed E-state index contributed by atoms with van der Waals surface area (Å²) in [5.74, 6) is -1.02. The average Bonchev–Trinajstić information content (AvgIpc) is 3.09. The molecule has 4 rings (SSSR count). The maximum absolute atomic E-state index is 13.2. The van der Waals surface area contributed by atoms with Gasteiger partial charge in [0.1, 0.15) is 22.7 Å². The van der Waals surface area contributed by atoms with Gasteiger partial charge in [0.15, 0.2) is 0 Å². The summed E-state index contributed by atoms with van der Waals surface area (Å²) in [6, 6.07) is 7.67. The highest BCUT2D eigenvalue weighted by atomic mass is 35.5. The number of hydrogen-bond donors (Lipinski definition) is 3. The van der Waals surface area contributed by atoms with E-state index in [1.54, 1.807) is 12.1 Å². The lowest BCUT2D eigenvalue weighted by Crippen LogP contribution is -2.49. The molecule has 2 saturated carbocycles. The number of esters is 2. The molecular formula is C25H27Cl2NO6. The van der Waals surface area contributed by atoms with Crippen molar-refractivity contribution in [2.45, 2.75) is 58.3 Å². The van der Waals surface area contributed by atoms with Crippen LogP contribution in [0, 0.1) is 11.3 Å². The summed E-state index contributed by atoms with van der Waals surface area (Å²) in [7, 11) is 0. The van der Waals surface area contributed by atoms with Crippen LogP contribution in [-0.4, -0.2) is 33.9 Å². The molecule has 3 N–H and O–H groups in total. The molecular weight excluding hydrogens is 481 g/mol. The van der Waals surface area contributed by atoms with Gasteiger partial charge >= 0.3 is 11.9 Å². The average molecular weight is 508 g/mol. The van der Waals surface area contributed by atoms with E-state index >= 15 is 0 Å². The molecule has 0 amide bonds. The SMILES string of the molecule is CC(=O)Oc1cc(NCc2cc(Cl)cc(Cl)c2O)ccc1C(=O)OC12CCC(CC1O)C2(C)C. The first kappa shape index (κ1) is 24.6. The second-order valence-corrected chi connectivity index (χ2v) is 10.4. The van der Waals surface area contributed by atoms with Crippen LogP contribution in [-0.2, 0) is 16.1 Å². The van der Waals surface area contributed by atoms with E-state index < -0.39 is 23.6 Å². The summed E-state index contributed by atoms with van der Waals surface area (Å²) >= 11 is 12.0. The summed E-state index contributed by atoms with van der Waals surface area (Å²) in [5.41, 5.74) is -0.235. The summed E-state index contributed by atoms with van der Waals surface area (Å²) in [4.78, 5) is 24.9. The second kappa shape index (κ2) is 8.95. The van der Waals surface area contributed by atoms with Crippen molar-refractivity contribution in [1.29, 1.82) is 0 Å². The smallest absolute Gasteiger partial charge is 0.342 e. The normalized spacial score (nSPS) is 24.6. The maximum Gasteiger partial charge on any atom is 0.342 e. The van der Waals surface area contributed by atoms with Crippen LogP contribution >= 0.6 is 23.2 Å². The second-order valence-electron chi connectivity index (χ2n) is 9.54. The number of rotatable bonds is 6. The highest BCUT2D eigenvalue weighted by Gasteiger charge is 2.66. The fraction of sp³-hybridized carbons (Fsp3) is 0.440. The van der Waals surface area contributed by atoms with E-state index in [9.17, 15) is 19.8 Å². The topological polar surface area (TPSA) is 105 Å². The van der Waals surface area contributed by atoms with Gasteiger partial charge in [0.2, 0.25) is 0 Å². The molecule has 2 aliphatic rings. The number of aromatic hydroxyl groups is 1. The van der Waals surface area contributed by atoms with Crippen molar-refractivity contribution >= 4 is 40.8 Å². The molecule has 2 aromatic rings. The van der Waals surface area contributed by atoms with Gasteiger partial charge in [-0.25, -0.2) is 4.79 Å². The summed E-state index contributed by atoms with van der Waals surface area (Å²) in [6.45, 7) is 5.46. The number of ether oxygens (including phenoxy) is 2. The molecule has 7 nitrogen and oxygen atoms in total. The van der Waals surface area contributed by atoms with Gasteiger partial charge in [-0.1, -0.05) is 37.0 Å². The van der Waals surface area contributed by atoms with Gasteiger partial charge in [-0.2, -0.15) is 0 Å². The molecule has 2 aromatic carbocycles. The molecule has 0 aliphatic heterocycles. The van der Waals surface area contributed by atoms with Crippen molar-refractivity contribution in [3.8, 4) is 11.5 Å². The zero-order chi connectivity index (χ0) is 24.8. The molecule has 9 heteroatoms. The molecule has 2 aliphatic carbocycles. The van der Waals surface area contributed by atoms with E-state index in [0.717, 1.165) is 6.42 Å². The number of fused-ring (bicyclic) bond motifs is 2. The van der Waals surface area contributed by atoms with E-state index in [0.29, 0.717) is 29.1 Å². The zero-order valence-electron chi connectivity index (χ0n) is 19.2. The Balaban J connectivity index is 1.58. The van der Waals surface area contributed by atoms with Gasteiger partial charge in [-0.15, -0.1) is 0 Å². The van der Waals surface area contributed by atoms with Crippen molar-refractivity contribution in [3.05, 3.63) is 51.5 Å². The molecule has 34 heavy (non-hydrogen) atoms. The molecule has 2 bridgehead atoms. The lowest BCUT2D eigenvalue weighted by Gasteiger charge is -2.39. The fourth-order valence-electron chi connectivity index (χ4n) is 5.35. The van der Waals surface area contributed by atoms with E-state index in [2.05, 4.69) is 5.32 Å². The number of nitrogens with one attached hydrogen (secondary N) is 1. The van der Waals surface area contributed by atoms with Crippen LogP contribution in [0.25, 0.3) is 0 Å². The third-order valence-electron chi connectivity index (χ3n) is 7.34. The molecule has 0 spiro atoms. The number of anilines is 1. The molecule has 3 unspecified atom stereocenters. The van der Waals surface area contributed by atoms with E-state index in [4.69, 9.17) is 32.7 Å². The van der Waals surface area contributed by atoms with Gasteiger partial charge in [0.05, 0.1) is 11.1 Å². The molecule has 182 valence electrons. The molecule has 0 aromatic heterocycles. The van der Waals surface area contributed by atoms with E-state index in [-0.39, 0.29) is 40.0 Å². The maximum atomic E-state index is 13.2. The number of benzene rings is 2. The Morgan fingerprint density at radius 3 is 2.56 bits per heavy atom. The molecule has 2 fully saturated rings. The van der Waals surface area contributed by atoms with E-state index in [1.165, 1.54) is 25.1 Å². The Morgan fingerprint density at radius 1 is 1.21 bits per heavy atom. The number of aliphatic hydroxyl groups excluding tert-OH is 1. The first-order valence-corrected chi connectivity index (χ1v) is 11.8. The minimum absolute atomic E-state index is 0.0343. The highest BCUT2D eigenvalue weighted by molar-refractivity contribution is 6.35. The van der Waals surface area contributed by atoms with Crippen molar-refractivity contribution in [2.24, 2.45) is 11.3 Å². The number of carbonyl (C=O) groups excluding carboxylic acids is 2. The van der Waals surface area contributed by atoms with Crippen LogP contribution in [0.2, 0.25) is 10.0 Å². The number of phenolic OH excluding ortho intramolecular Hbond substituents is 1. The lowest BCUT2D eigenvalue weighted by molar-refractivity contribution is -0.132. The molecule has 0 heterocycles. The summed E-state index contributed by atoms with van der Waals surface area (Å²) in [5, 5.41) is 24.5. The Hall–Kier alpha value is -2.48. The van der Waals surface area contributed by atoms with Gasteiger partial charge < -0.3 is 25.0 Å². The van der Waals surface area contributed by atoms with Crippen LogP contribution in [0.5, 0.6) is 11.5 Å². The number of carbonyl (C=O) groups is 2. The monoisotopic (exact) mass is 507 g/mol. The molecule has 0 radical (unpaired) electrons. The summed E-state index contributed by atoms with van der Waals surface area (Å²) < 4.78 is 11.3. The number of halogens is 2. The first-order valence-electron chi connectivity index (χ1n) is 11.1. The lowest BCUT2D eigenvalue weighted by atomic mass is 9.78. The Bertz CT molecular complexity index is 1150. The minimum atomic E-state index is -0.970. The van der Waals surface area contributed by atoms with Crippen LogP contribution in [0.3, 0.4) is 0 Å². The third kappa shape index (κ3) is 4.21. The first-order chi connectivity index (χ1) is 15.9. The standard InChI is InChI=1S/C25H27Cl2NO6/c1-13(29)33-20-11-17(28-12-14-8-16(26)10-19(27)22(14)31)4-5-18(20)23(32)34-25-7-6-15(9-21(25)30)24(25,2)3/h4-5,8,10-11,15,21,28,30-31H,6-7,9,12H2,1-3H3. The van der Waals surface area contributed by atoms with Gasteiger partial charge in [-0.3, -0.25) is 4.79 Å². The number of aliphatic hydroxyl groups is 1. The van der Waals surface area contributed by atoms with Crippen molar-refractivity contribution < 1.29 is 29.3 Å². The third-order valence-corrected chi connectivity index (χ3v) is 7.85. The summed E-state index contributed by atoms with van der Waals surface area (Å²) in [6.07, 6.45) is 1.34. The molecule has 3 atom stereocenters. The number of phenols is 1. The Kier molecular flexibility index (Phi) is 6.48. The van der Waals surface area contributed by atoms with E-state index in [1.807, 2.05) is 13.8 Å². The number of hydrogen-bond acceptors (Lipinski definition) is 7. The Morgan fingerprint density at radius 2 is 1.94 bits per heavy atom. The van der Waals surface area contributed by atoms with Gasteiger partial charge in [-0.05, 0) is 49.4 Å². The fourth-order valence-corrected chi connectivity index (χ4v) is 5.88. The Labute approximate surface area is 208 Å². The minimum Gasteiger partial charge on any atom is -0.506 e. The van der Waals surface area contributed by atoms with Crippen LogP contribution in [0.1, 0.15) is 56.0 Å². The van der Waals surface area contributed by atoms with Crippen LogP contribution < -0.4 is 10.1 Å². The molecule has 0 saturated heterocycles. The van der Waals surface area contributed by atoms with Gasteiger partial charge in [0.25, 0.3) is 0 Å². The predicted octanol–water partition coefficient (Wildman–Crippen LogP) is 5.33.